The normalized spacial score (nSPS) is 18.8. The zero-order valence-electron chi connectivity index (χ0n) is 24.2. The van der Waals surface area contributed by atoms with Crippen LogP contribution in [-0.2, 0) is 9.47 Å². The zero-order chi connectivity index (χ0) is 27.6. The average molecular weight is 514 g/mol. The Bertz CT molecular complexity index is 889. The highest BCUT2D eigenvalue weighted by Gasteiger charge is 2.35. The Morgan fingerprint density at radius 2 is 1.49 bits per heavy atom. The SMILES string of the molecule is CC(C)(C)C(c1ccccc1)c1ccccc1.COC[C@@H]1CN(C(=O)OC(C)(C)C)[C@H](C)CN1CCN.[HH]. The van der Waals surface area contributed by atoms with Crippen LogP contribution in [0.25, 0.3) is 0 Å². The first-order valence-corrected chi connectivity index (χ1v) is 13.4. The molecule has 2 aromatic carbocycles. The Kier molecular flexibility index (Phi) is 11.6. The van der Waals surface area contributed by atoms with Crippen molar-refractivity contribution in [2.24, 2.45) is 11.1 Å². The largest absolute Gasteiger partial charge is 0.444 e. The van der Waals surface area contributed by atoms with Crippen LogP contribution in [0.3, 0.4) is 0 Å². The molecule has 0 unspecified atom stereocenters. The van der Waals surface area contributed by atoms with Gasteiger partial charge in [-0.2, -0.15) is 0 Å². The van der Waals surface area contributed by atoms with Gasteiger partial charge in [0.2, 0.25) is 0 Å². The average Bonchev–Trinajstić information content (AvgIpc) is 2.81. The van der Waals surface area contributed by atoms with E-state index in [9.17, 15) is 4.79 Å². The minimum Gasteiger partial charge on any atom is -0.444 e. The van der Waals surface area contributed by atoms with E-state index < -0.39 is 5.60 Å². The molecule has 1 amide bonds. The molecule has 1 heterocycles. The van der Waals surface area contributed by atoms with E-state index in [-0.39, 0.29) is 25.0 Å². The van der Waals surface area contributed by atoms with Crippen LogP contribution in [0.1, 0.15) is 66.9 Å². The molecule has 0 spiro atoms. The Labute approximate surface area is 226 Å². The first kappa shape index (κ1) is 30.8. The van der Waals surface area contributed by atoms with Gasteiger partial charge in [0.25, 0.3) is 0 Å². The van der Waals surface area contributed by atoms with Crippen molar-refractivity contribution in [3.63, 3.8) is 0 Å². The van der Waals surface area contributed by atoms with Crippen molar-refractivity contribution in [1.29, 1.82) is 0 Å². The number of nitrogens with two attached hydrogens (primary N) is 1. The number of benzene rings is 2. The summed E-state index contributed by atoms with van der Waals surface area (Å²) in [6, 6.07) is 21.8. The minimum absolute atomic E-state index is 0. The molecule has 6 heteroatoms. The van der Waals surface area contributed by atoms with Crippen LogP contribution in [0.2, 0.25) is 0 Å². The number of carbonyl (C=O) groups excluding carboxylic acids is 1. The highest BCUT2D eigenvalue weighted by molar-refractivity contribution is 5.68. The molecule has 2 aromatic rings. The summed E-state index contributed by atoms with van der Waals surface area (Å²) in [5.74, 6) is 0.449. The van der Waals surface area contributed by atoms with Gasteiger partial charge >= 0.3 is 6.09 Å². The standard InChI is InChI=1S/C17H20.C14H29N3O3.H2/c1-17(2,3)16(14-10-6-4-7-11-14)15-12-8-5-9-13-15;1-11-8-16(7-6-15)12(10-19-5)9-17(11)13(18)20-14(2,3)4;/h4-13,16H,1-3H3;11-12H,6-10,15H2,1-5H3;1H/t;11-,12+;/m.1./s1. The van der Waals surface area contributed by atoms with Gasteiger partial charge in [0.05, 0.1) is 12.6 Å². The van der Waals surface area contributed by atoms with Crippen molar-refractivity contribution in [3.05, 3.63) is 71.8 Å². The maximum Gasteiger partial charge on any atom is 0.410 e. The van der Waals surface area contributed by atoms with E-state index in [1.54, 1.807) is 12.0 Å². The molecule has 0 saturated carbocycles. The molecule has 2 atom stereocenters. The van der Waals surface area contributed by atoms with Gasteiger partial charge in [-0.1, -0.05) is 81.4 Å². The molecule has 2 N–H and O–H groups in total. The maximum atomic E-state index is 12.3. The van der Waals surface area contributed by atoms with Gasteiger partial charge in [0.15, 0.2) is 0 Å². The maximum absolute atomic E-state index is 12.3. The second-order valence-electron chi connectivity index (χ2n) is 12.0. The van der Waals surface area contributed by atoms with Crippen LogP contribution in [0.5, 0.6) is 0 Å². The number of ether oxygens (including phenoxy) is 2. The summed E-state index contributed by atoms with van der Waals surface area (Å²) in [4.78, 5) is 16.3. The topological polar surface area (TPSA) is 68.0 Å². The van der Waals surface area contributed by atoms with Gasteiger partial charge in [0.1, 0.15) is 5.60 Å². The molecule has 0 aliphatic carbocycles. The second kappa shape index (κ2) is 13.9. The number of rotatable bonds is 6. The Morgan fingerprint density at radius 3 is 1.89 bits per heavy atom. The summed E-state index contributed by atoms with van der Waals surface area (Å²) in [5, 5.41) is 0. The van der Waals surface area contributed by atoms with Crippen molar-refractivity contribution < 1.29 is 15.7 Å². The lowest BCUT2D eigenvalue weighted by atomic mass is 9.73. The number of amides is 1. The fraction of sp³-hybridized carbons (Fsp3) is 0.581. The Hall–Kier alpha value is -2.41. The number of hydrogen-bond acceptors (Lipinski definition) is 5. The molecule has 1 aliphatic rings. The summed E-state index contributed by atoms with van der Waals surface area (Å²) in [5.41, 5.74) is 8.20. The zero-order valence-corrected chi connectivity index (χ0v) is 24.2. The van der Waals surface area contributed by atoms with Gasteiger partial charge in [-0.3, -0.25) is 4.90 Å². The molecule has 1 saturated heterocycles. The number of carbonyl (C=O) groups is 1. The monoisotopic (exact) mass is 513 g/mol. The molecule has 37 heavy (non-hydrogen) atoms. The summed E-state index contributed by atoms with van der Waals surface area (Å²) in [6.07, 6.45) is -0.251. The van der Waals surface area contributed by atoms with E-state index in [1.165, 1.54) is 11.1 Å². The van der Waals surface area contributed by atoms with Crippen LogP contribution in [0.4, 0.5) is 4.79 Å². The van der Waals surface area contributed by atoms with Crippen LogP contribution < -0.4 is 5.73 Å². The minimum atomic E-state index is -0.470. The quantitative estimate of drug-likeness (QED) is 0.512. The summed E-state index contributed by atoms with van der Waals surface area (Å²) < 4.78 is 10.7. The molecule has 208 valence electrons. The van der Waals surface area contributed by atoms with Gasteiger partial charge in [-0.05, 0) is 44.2 Å². The lowest BCUT2D eigenvalue weighted by Crippen LogP contribution is -2.61. The molecular formula is C31H51N3O3. The van der Waals surface area contributed by atoms with E-state index >= 15 is 0 Å². The van der Waals surface area contributed by atoms with E-state index in [0.717, 1.165) is 13.1 Å². The van der Waals surface area contributed by atoms with E-state index in [2.05, 4.69) is 86.3 Å². The van der Waals surface area contributed by atoms with Gasteiger partial charge in [-0.15, -0.1) is 0 Å². The fourth-order valence-electron chi connectivity index (χ4n) is 4.96. The predicted octanol–water partition coefficient (Wildman–Crippen LogP) is 6.01. The first-order valence-electron chi connectivity index (χ1n) is 13.4. The molecule has 0 radical (unpaired) electrons. The lowest BCUT2D eigenvalue weighted by molar-refractivity contribution is -0.0252. The number of nitrogens with zero attached hydrogens (tertiary/aromatic N) is 2. The van der Waals surface area contributed by atoms with Crippen LogP contribution in [-0.4, -0.2) is 73.5 Å². The van der Waals surface area contributed by atoms with Crippen LogP contribution in [0.15, 0.2) is 60.7 Å². The molecule has 3 rings (SSSR count). The van der Waals surface area contributed by atoms with Gasteiger partial charge < -0.3 is 20.1 Å². The smallest absolute Gasteiger partial charge is 0.410 e. The number of methoxy groups -OCH3 is 1. The Morgan fingerprint density at radius 1 is 0.973 bits per heavy atom. The molecular weight excluding hydrogens is 462 g/mol. The van der Waals surface area contributed by atoms with Crippen molar-refractivity contribution >= 4 is 6.09 Å². The third kappa shape index (κ3) is 9.76. The van der Waals surface area contributed by atoms with Crippen molar-refractivity contribution in [2.45, 2.75) is 72.1 Å². The van der Waals surface area contributed by atoms with Crippen LogP contribution >= 0.6 is 0 Å². The van der Waals surface area contributed by atoms with Crippen molar-refractivity contribution in [2.75, 3.05) is 39.9 Å². The summed E-state index contributed by atoms with van der Waals surface area (Å²) >= 11 is 0. The third-order valence-corrected chi connectivity index (χ3v) is 6.49. The first-order chi connectivity index (χ1) is 17.4. The molecule has 1 aliphatic heterocycles. The summed E-state index contributed by atoms with van der Waals surface area (Å²) in [6.45, 7) is 18.0. The molecule has 1 fully saturated rings. The second-order valence-corrected chi connectivity index (χ2v) is 12.0. The lowest BCUT2D eigenvalue weighted by Gasteiger charge is -2.45. The highest BCUT2D eigenvalue weighted by atomic mass is 16.6. The third-order valence-electron chi connectivity index (χ3n) is 6.49. The molecule has 0 aromatic heterocycles. The van der Waals surface area contributed by atoms with Gasteiger partial charge in [0, 0.05) is 46.7 Å². The molecule has 0 bridgehead atoms. The van der Waals surface area contributed by atoms with Gasteiger partial charge in [-0.25, -0.2) is 4.79 Å². The highest BCUT2D eigenvalue weighted by Crippen LogP contribution is 2.40. The predicted molar refractivity (Wildman–Crippen MR) is 155 cm³/mol. The van der Waals surface area contributed by atoms with E-state index in [4.69, 9.17) is 15.2 Å². The summed E-state index contributed by atoms with van der Waals surface area (Å²) in [7, 11) is 1.68. The van der Waals surface area contributed by atoms with E-state index in [1.807, 2.05) is 27.7 Å². The number of hydrogen-bond donors (Lipinski definition) is 1. The van der Waals surface area contributed by atoms with Crippen LogP contribution in [0, 0.1) is 5.41 Å². The number of piperazine rings is 1. The van der Waals surface area contributed by atoms with Crippen molar-refractivity contribution in [1.82, 2.24) is 9.80 Å². The molecule has 6 nitrogen and oxygen atoms in total. The van der Waals surface area contributed by atoms with E-state index in [0.29, 0.717) is 25.6 Å². The Balaban J connectivity index is 0.000000374. The fourth-order valence-corrected chi connectivity index (χ4v) is 4.96. The van der Waals surface area contributed by atoms with Crippen molar-refractivity contribution in [3.8, 4) is 0 Å².